The average molecular weight is 439 g/mol. The molecule has 0 aliphatic rings. The highest BCUT2D eigenvalue weighted by molar-refractivity contribution is 5.88. The molecule has 0 saturated heterocycles. The van der Waals surface area contributed by atoms with Crippen LogP contribution in [0.1, 0.15) is 64.2 Å². The summed E-state index contributed by atoms with van der Waals surface area (Å²) in [4.78, 5) is 27.7. The highest BCUT2D eigenvalue weighted by atomic mass is 16.5. The van der Waals surface area contributed by atoms with Crippen LogP contribution in [0.25, 0.3) is 0 Å². The number of ether oxygens (including phenoxy) is 1. The third kappa shape index (κ3) is 7.11. The predicted octanol–water partition coefficient (Wildman–Crippen LogP) is 5.00. The van der Waals surface area contributed by atoms with E-state index in [0.717, 1.165) is 17.5 Å². The van der Waals surface area contributed by atoms with Gasteiger partial charge in [0.1, 0.15) is 11.8 Å². The van der Waals surface area contributed by atoms with Crippen molar-refractivity contribution in [2.75, 3.05) is 13.2 Å². The fraction of sp³-hybridized carbons (Fsp3) is 0.481. The van der Waals surface area contributed by atoms with Crippen LogP contribution >= 0.6 is 0 Å². The molecule has 2 rings (SSSR count). The van der Waals surface area contributed by atoms with E-state index in [9.17, 15) is 9.59 Å². The Kier molecular flexibility index (Phi) is 9.30. The summed E-state index contributed by atoms with van der Waals surface area (Å²) in [5, 5.41) is 2.94. The molecule has 0 spiro atoms. The van der Waals surface area contributed by atoms with E-state index in [1.165, 1.54) is 5.56 Å². The Morgan fingerprint density at radius 2 is 1.69 bits per heavy atom. The number of aryl methyl sites for hydroxylation is 1. The van der Waals surface area contributed by atoms with Crippen molar-refractivity contribution in [3.63, 3.8) is 0 Å². The van der Waals surface area contributed by atoms with Crippen LogP contribution in [0.3, 0.4) is 0 Å². The summed E-state index contributed by atoms with van der Waals surface area (Å²) in [5.74, 6) is 0.322. The van der Waals surface area contributed by atoms with E-state index in [4.69, 9.17) is 4.74 Å². The lowest BCUT2D eigenvalue weighted by molar-refractivity contribution is -0.143. The normalized spacial score (nSPS) is 12.2. The summed E-state index contributed by atoms with van der Waals surface area (Å²) in [6.07, 6.45) is 1.38. The number of amides is 2. The zero-order valence-electron chi connectivity index (χ0n) is 20.4. The molecule has 0 aromatic heterocycles. The zero-order chi connectivity index (χ0) is 23.7. The first-order valence-electron chi connectivity index (χ1n) is 11.5. The first kappa shape index (κ1) is 25.4. The van der Waals surface area contributed by atoms with Crippen molar-refractivity contribution >= 4 is 11.8 Å². The summed E-state index contributed by atoms with van der Waals surface area (Å²) in [6, 6.07) is 15.2. The fourth-order valence-corrected chi connectivity index (χ4v) is 3.54. The molecule has 1 atom stereocenters. The van der Waals surface area contributed by atoms with Gasteiger partial charge in [0.2, 0.25) is 5.91 Å². The van der Waals surface area contributed by atoms with Gasteiger partial charge >= 0.3 is 0 Å². The van der Waals surface area contributed by atoms with Crippen LogP contribution in [0.15, 0.2) is 48.5 Å². The van der Waals surface area contributed by atoms with Gasteiger partial charge in [-0.2, -0.15) is 0 Å². The molecule has 0 bridgehead atoms. The van der Waals surface area contributed by atoms with E-state index in [1.807, 2.05) is 69.3 Å². The van der Waals surface area contributed by atoms with Crippen LogP contribution in [0.4, 0.5) is 0 Å². The number of hydrogen-bond donors (Lipinski definition) is 1. The lowest BCUT2D eigenvalue weighted by Crippen LogP contribution is -2.50. The van der Waals surface area contributed by atoms with Crippen LogP contribution < -0.4 is 10.1 Å². The Morgan fingerprint density at radius 3 is 2.25 bits per heavy atom. The maximum Gasteiger partial charge on any atom is 0.261 e. The molecule has 32 heavy (non-hydrogen) atoms. The van der Waals surface area contributed by atoms with Gasteiger partial charge in [0.05, 0.1) is 0 Å². The number of carbonyl (C=O) groups excluding carboxylic acids is 2. The minimum Gasteiger partial charge on any atom is -0.484 e. The number of nitrogens with zero attached hydrogens (tertiary/aromatic N) is 1. The van der Waals surface area contributed by atoms with E-state index in [0.29, 0.717) is 25.3 Å². The molecule has 0 fully saturated rings. The molecule has 0 unspecified atom stereocenters. The zero-order valence-corrected chi connectivity index (χ0v) is 20.4. The molecule has 174 valence electrons. The second-order valence-electron chi connectivity index (χ2n) is 9.23. The average Bonchev–Trinajstić information content (AvgIpc) is 2.76. The van der Waals surface area contributed by atoms with Gasteiger partial charge in [0.15, 0.2) is 6.61 Å². The lowest BCUT2D eigenvalue weighted by Gasteiger charge is -2.31. The predicted molar refractivity (Wildman–Crippen MR) is 130 cm³/mol. The molecule has 0 radical (unpaired) electrons. The third-order valence-corrected chi connectivity index (χ3v) is 5.62. The van der Waals surface area contributed by atoms with Crippen LogP contribution in [0, 0.1) is 6.92 Å². The molecule has 2 aromatic rings. The monoisotopic (exact) mass is 438 g/mol. The molecule has 0 saturated carbocycles. The minimum atomic E-state index is -0.541. The van der Waals surface area contributed by atoms with Crippen molar-refractivity contribution < 1.29 is 14.3 Å². The first-order chi connectivity index (χ1) is 15.2. The lowest BCUT2D eigenvalue weighted by atomic mass is 9.87. The van der Waals surface area contributed by atoms with Crippen molar-refractivity contribution in [1.82, 2.24) is 10.2 Å². The number of rotatable bonds is 10. The van der Waals surface area contributed by atoms with Crippen molar-refractivity contribution in [3.05, 3.63) is 65.2 Å². The Labute approximate surface area is 193 Å². The maximum absolute atomic E-state index is 13.3. The Hall–Kier alpha value is -2.82. The Balaban J connectivity index is 2.18. The quantitative estimate of drug-likeness (QED) is 0.568. The molecule has 2 amide bonds. The van der Waals surface area contributed by atoms with Gasteiger partial charge in [-0.25, -0.2) is 0 Å². The Bertz CT molecular complexity index is 885. The van der Waals surface area contributed by atoms with Crippen molar-refractivity contribution in [1.29, 1.82) is 0 Å². The van der Waals surface area contributed by atoms with Crippen molar-refractivity contribution in [2.24, 2.45) is 0 Å². The van der Waals surface area contributed by atoms with E-state index in [2.05, 4.69) is 26.1 Å². The summed E-state index contributed by atoms with van der Waals surface area (Å²) in [6.45, 7) is 13.3. The third-order valence-electron chi connectivity index (χ3n) is 5.62. The van der Waals surface area contributed by atoms with Crippen molar-refractivity contribution in [3.8, 4) is 5.75 Å². The minimum absolute atomic E-state index is 0.0545. The molecule has 0 aliphatic carbocycles. The highest BCUT2D eigenvalue weighted by Crippen LogP contribution is 2.24. The summed E-state index contributed by atoms with van der Waals surface area (Å²) in [7, 11) is 0. The van der Waals surface area contributed by atoms with Crippen LogP contribution in [-0.4, -0.2) is 35.9 Å². The molecule has 5 heteroatoms. The summed E-state index contributed by atoms with van der Waals surface area (Å²) >= 11 is 0. The fourth-order valence-electron chi connectivity index (χ4n) is 3.54. The first-order valence-corrected chi connectivity index (χ1v) is 11.5. The van der Waals surface area contributed by atoms with E-state index in [1.54, 1.807) is 4.90 Å². The summed E-state index contributed by atoms with van der Waals surface area (Å²) in [5.41, 5.74) is 3.37. The second kappa shape index (κ2) is 11.7. The van der Waals surface area contributed by atoms with E-state index in [-0.39, 0.29) is 23.8 Å². The molecular formula is C27H38N2O3. The van der Waals surface area contributed by atoms with Gasteiger partial charge in [0, 0.05) is 13.1 Å². The Morgan fingerprint density at radius 1 is 1.03 bits per heavy atom. The van der Waals surface area contributed by atoms with Crippen LogP contribution in [0.2, 0.25) is 0 Å². The van der Waals surface area contributed by atoms with E-state index < -0.39 is 6.04 Å². The number of benzene rings is 2. The second-order valence-corrected chi connectivity index (χ2v) is 9.23. The van der Waals surface area contributed by atoms with Crippen LogP contribution in [0.5, 0.6) is 5.75 Å². The highest BCUT2D eigenvalue weighted by Gasteiger charge is 2.29. The van der Waals surface area contributed by atoms with Gasteiger partial charge in [0.25, 0.3) is 5.91 Å². The maximum atomic E-state index is 13.3. The number of hydrogen-bond acceptors (Lipinski definition) is 3. The van der Waals surface area contributed by atoms with Crippen molar-refractivity contribution in [2.45, 2.75) is 72.4 Å². The smallest absolute Gasteiger partial charge is 0.261 e. The summed E-state index contributed by atoms with van der Waals surface area (Å²) < 4.78 is 5.82. The topological polar surface area (TPSA) is 58.6 Å². The van der Waals surface area contributed by atoms with Gasteiger partial charge < -0.3 is 15.0 Å². The standard InChI is InChI=1S/C27H38N2O3/c1-7-17-28-26(31)24(8-2)29(18-21-12-10-9-11-20(21)3)25(30)19-32-23-15-13-22(14-16-23)27(4,5)6/h9-16,24H,7-8,17-19H2,1-6H3,(H,28,31)/t24-/m0/s1. The van der Waals surface area contributed by atoms with E-state index >= 15 is 0 Å². The van der Waals surface area contributed by atoms with Gasteiger partial charge in [-0.05, 0) is 54.0 Å². The van der Waals surface area contributed by atoms with Gasteiger partial charge in [-0.15, -0.1) is 0 Å². The largest absolute Gasteiger partial charge is 0.484 e. The van der Waals surface area contributed by atoms with Gasteiger partial charge in [-0.1, -0.05) is 71.0 Å². The molecular weight excluding hydrogens is 400 g/mol. The molecule has 1 N–H and O–H groups in total. The van der Waals surface area contributed by atoms with Gasteiger partial charge in [-0.3, -0.25) is 9.59 Å². The molecule has 0 aliphatic heterocycles. The number of nitrogens with one attached hydrogen (secondary N) is 1. The molecule has 0 heterocycles. The number of carbonyl (C=O) groups is 2. The SMILES string of the molecule is CCCNC(=O)[C@H](CC)N(Cc1ccccc1C)C(=O)COc1ccc(C(C)(C)C)cc1. The van der Waals surface area contributed by atoms with Crippen LogP contribution in [-0.2, 0) is 21.5 Å². The molecule has 5 nitrogen and oxygen atoms in total. The molecule has 2 aromatic carbocycles.